The van der Waals surface area contributed by atoms with Crippen LogP contribution in [-0.4, -0.2) is 49.1 Å². The molecule has 1 fully saturated rings. The van der Waals surface area contributed by atoms with Crippen LogP contribution in [0.2, 0.25) is 0 Å². The zero-order chi connectivity index (χ0) is 17.3. The van der Waals surface area contributed by atoms with Crippen molar-refractivity contribution >= 4 is 21.9 Å². The van der Waals surface area contributed by atoms with Gasteiger partial charge in [-0.3, -0.25) is 0 Å². The lowest BCUT2D eigenvalue weighted by atomic mass is 10.2. The van der Waals surface area contributed by atoms with Crippen molar-refractivity contribution in [3.63, 3.8) is 0 Å². The first-order chi connectivity index (χ1) is 10.6. The normalized spacial score (nSPS) is 18.9. The van der Waals surface area contributed by atoms with Gasteiger partial charge in [-0.1, -0.05) is 0 Å². The molecule has 1 aliphatic heterocycles. The maximum Gasteiger partial charge on any atom is 0.410 e. The van der Waals surface area contributed by atoms with Gasteiger partial charge in [-0.2, -0.15) is 0 Å². The predicted molar refractivity (Wildman–Crippen MR) is 85.2 cm³/mol. The van der Waals surface area contributed by atoms with Gasteiger partial charge in [0.1, 0.15) is 16.3 Å². The van der Waals surface area contributed by atoms with Crippen LogP contribution in [0.25, 0.3) is 0 Å². The highest BCUT2D eigenvalue weighted by Gasteiger charge is 2.32. The first kappa shape index (κ1) is 17.5. The molecule has 0 saturated carbocycles. The molecule has 0 bridgehead atoms. The average Bonchev–Trinajstić information content (AvgIpc) is 2.85. The number of nitrogens with one attached hydrogen (secondary N) is 1. The molecule has 1 amide bonds. The number of hydrogen-bond donors (Lipinski definition) is 2. The van der Waals surface area contributed by atoms with Crippen LogP contribution in [0, 0.1) is 0 Å². The SMILES string of the molecule is CC(C)(C)OC(=O)N1CCC(NS(=O)(=O)c2ccc(N)nc2)C1. The number of rotatable bonds is 3. The van der Waals surface area contributed by atoms with Crippen LogP contribution >= 0.6 is 0 Å². The number of carbonyl (C=O) groups is 1. The number of nitrogens with zero attached hydrogens (tertiary/aromatic N) is 2. The number of aromatic nitrogens is 1. The van der Waals surface area contributed by atoms with Crippen molar-refractivity contribution in [2.45, 2.75) is 43.7 Å². The Labute approximate surface area is 136 Å². The second kappa shape index (κ2) is 6.32. The molecular formula is C14H22N4O4S. The van der Waals surface area contributed by atoms with E-state index in [0.717, 1.165) is 0 Å². The van der Waals surface area contributed by atoms with E-state index in [1.807, 2.05) is 0 Å². The van der Waals surface area contributed by atoms with Crippen LogP contribution in [0.4, 0.5) is 10.6 Å². The number of amides is 1. The summed E-state index contributed by atoms with van der Waals surface area (Å²) < 4.78 is 32.4. The molecule has 8 nitrogen and oxygen atoms in total. The summed E-state index contributed by atoms with van der Waals surface area (Å²) in [5, 5.41) is 0. The Balaban J connectivity index is 1.97. The molecule has 1 saturated heterocycles. The number of sulfonamides is 1. The Kier molecular flexibility index (Phi) is 4.81. The molecule has 1 atom stereocenters. The summed E-state index contributed by atoms with van der Waals surface area (Å²) >= 11 is 0. The molecule has 3 N–H and O–H groups in total. The summed E-state index contributed by atoms with van der Waals surface area (Å²) in [7, 11) is -3.69. The third kappa shape index (κ3) is 4.80. The molecule has 0 radical (unpaired) electrons. The van der Waals surface area contributed by atoms with E-state index < -0.39 is 21.7 Å². The molecule has 1 unspecified atom stereocenters. The summed E-state index contributed by atoms with van der Waals surface area (Å²) in [6, 6.07) is 2.46. The fourth-order valence-electron chi connectivity index (χ4n) is 2.19. The van der Waals surface area contributed by atoms with Gasteiger partial charge in [0.2, 0.25) is 10.0 Å². The summed E-state index contributed by atoms with van der Waals surface area (Å²) in [6.07, 6.45) is 1.30. The molecule has 1 aromatic heterocycles. The molecule has 1 aliphatic rings. The molecule has 0 spiro atoms. The number of nitrogens with two attached hydrogens (primary N) is 1. The second-order valence-corrected chi connectivity index (χ2v) is 8.17. The standard InChI is InChI=1S/C14H22N4O4S/c1-14(2,3)22-13(19)18-7-6-10(9-18)17-23(20,21)11-4-5-12(15)16-8-11/h4-5,8,10,17H,6-7,9H2,1-3H3,(H2,15,16). The third-order valence-electron chi connectivity index (χ3n) is 3.23. The second-order valence-electron chi connectivity index (χ2n) is 6.45. The molecular weight excluding hydrogens is 320 g/mol. The van der Waals surface area contributed by atoms with Gasteiger partial charge in [0.15, 0.2) is 0 Å². The van der Waals surface area contributed by atoms with E-state index in [1.165, 1.54) is 23.2 Å². The van der Waals surface area contributed by atoms with Gasteiger partial charge in [0, 0.05) is 25.3 Å². The van der Waals surface area contributed by atoms with Gasteiger partial charge >= 0.3 is 6.09 Å². The highest BCUT2D eigenvalue weighted by Crippen LogP contribution is 2.17. The molecule has 23 heavy (non-hydrogen) atoms. The van der Waals surface area contributed by atoms with Gasteiger partial charge < -0.3 is 15.4 Å². The number of nitrogen functional groups attached to an aromatic ring is 1. The fourth-order valence-corrected chi connectivity index (χ4v) is 3.39. The maximum absolute atomic E-state index is 12.3. The fraction of sp³-hybridized carbons (Fsp3) is 0.571. The van der Waals surface area contributed by atoms with Crippen LogP contribution in [0.1, 0.15) is 27.2 Å². The highest BCUT2D eigenvalue weighted by atomic mass is 32.2. The monoisotopic (exact) mass is 342 g/mol. The van der Waals surface area contributed by atoms with Crippen LogP contribution in [0.3, 0.4) is 0 Å². The number of ether oxygens (including phenoxy) is 1. The van der Waals surface area contributed by atoms with Gasteiger partial charge in [-0.25, -0.2) is 22.9 Å². The van der Waals surface area contributed by atoms with Gasteiger partial charge in [-0.15, -0.1) is 0 Å². The number of carbonyl (C=O) groups excluding carboxylic acids is 1. The average molecular weight is 342 g/mol. The summed E-state index contributed by atoms with van der Waals surface area (Å²) in [4.78, 5) is 17.3. The lowest BCUT2D eigenvalue weighted by molar-refractivity contribution is 0.0292. The predicted octanol–water partition coefficient (Wildman–Crippen LogP) is 0.952. The third-order valence-corrected chi connectivity index (χ3v) is 4.74. The van der Waals surface area contributed by atoms with Crippen LogP contribution < -0.4 is 10.5 Å². The van der Waals surface area contributed by atoms with E-state index >= 15 is 0 Å². The summed E-state index contributed by atoms with van der Waals surface area (Å²) in [5.74, 6) is 0.251. The largest absolute Gasteiger partial charge is 0.444 e. The molecule has 0 aromatic carbocycles. The number of hydrogen-bond acceptors (Lipinski definition) is 6. The first-order valence-corrected chi connectivity index (χ1v) is 8.77. The Morgan fingerprint density at radius 3 is 2.70 bits per heavy atom. The van der Waals surface area contributed by atoms with Crippen molar-refractivity contribution < 1.29 is 17.9 Å². The van der Waals surface area contributed by atoms with E-state index in [2.05, 4.69) is 9.71 Å². The Bertz CT molecular complexity index is 667. The van der Waals surface area contributed by atoms with E-state index in [0.29, 0.717) is 13.0 Å². The Morgan fingerprint density at radius 2 is 2.13 bits per heavy atom. The Hall–Kier alpha value is -1.87. The van der Waals surface area contributed by atoms with E-state index in [4.69, 9.17) is 10.5 Å². The summed E-state index contributed by atoms with van der Waals surface area (Å²) in [6.45, 7) is 6.08. The van der Waals surface area contributed by atoms with Crippen molar-refractivity contribution in [2.75, 3.05) is 18.8 Å². The minimum atomic E-state index is -3.69. The molecule has 0 aliphatic carbocycles. The van der Waals surface area contributed by atoms with Crippen LogP contribution in [0.5, 0.6) is 0 Å². The van der Waals surface area contributed by atoms with E-state index in [1.54, 1.807) is 20.8 Å². The Morgan fingerprint density at radius 1 is 1.43 bits per heavy atom. The lowest BCUT2D eigenvalue weighted by Crippen LogP contribution is -2.40. The molecule has 2 heterocycles. The quantitative estimate of drug-likeness (QED) is 0.845. The van der Waals surface area contributed by atoms with Crippen molar-refractivity contribution in [3.05, 3.63) is 18.3 Å². The van der Waals surface area contributed by atoms with Crippen LogP contribution in [-0.2, 0) is 14.8 Å². The topological polar surface area (TPSA) is 115 Å². The summed E-state index contributed by atoms with van der Waals surface area (Å²) in [5.41, 5.74) is 4.87. The lowest BCUT2D eigenvalue weighted by Gasteiger charge is -2.24. The molecule has 1 aromatic rings. The zero-order valence-electron chi connectivity index (χ0n) is 13.4. The smallest absolute Gasteiger partial charge is 0.410 e. The van der Waals surface area contributed by atoms with Gasteiger partial charge in [-0.05, 0) is 39.3 Å². The van der Waals surface area contributed by atoms with Crippen molar-refractivity contribution in [3.8, 4) is 0 Å². The molecule has 128 valence electrons. The van der Waals surface area contributed by atoms with Crippen molar-refractivity contribution in [2.24, 2.45) is 0 Å². The van der Waals surface area contributed by atoms with Crippen molar-refractivity contribution in [1.29, 1.82) is 0 Å². The highest BCUT2D eigenvalue weighted by molar-refractivity contribution is 7.89. The zero-order valence-corrected chi connectivity index (χ0v) is 14.3. The van der Waals surface area contributed by atoms with E-state index in [9.17, 15) is 13.2 Å². The van der Waals surface area contributed by atoms with Crippen molar-refractivity contribution in [1.82, 2.24) is 14.6 Å². The molecule has 2 rings (SSSR count). The molecule has 9 heteroatoms. The first-order valence-electron chi connectivity index (χ1n) is 7.29. The number of likely N-dealkylation sites (tertiary alicyclic amines) is 1. The number of pyridine rings is 1. The number of anilines is 1. The minimum Gasteiger partial charge on any atom is -0.444 e. The van der Waals surface area contributed by atoms with Gasteiger partial charge in [0.05, 0.1) is 0 Å². The maximum atomic E-state index is 12.3. The van der Waals surface area contributed by atoms with Crippen LogP contribution in [0.15, 0.2) is 23.2 Å². The van der Waals surface area contributed by atoms with E-state index in [-0.39, 0.29) is 23.3 Å². The minimum absolute atomic E-state index is 0.0439. The van der Waals surface area contributed by atoms with Gasteiger partial charge in [0.25, 0.3) is 0 Å².